The SMILES string of the molecule is CCCCOC(CC)Cn1ccc2nc(N3CCC(C)CC3)c(-c3ccc(C#N)cc3)cc21. The number of rotatable bonds is 9. The molecule has 1 atom stereocenters. The summed E-state index contributed by atoms with van der Waals surface area (Å²) < 4.78 is 8.43. The maximum atomic E-state index is 9.23. The van der Waals surface area contributed by atoms with E-state index in [0.29, 0.717) is 5.56 Å². The molecule has 0 saturated carbocycles. The third-order valence-electron chi connectivity index (χ3n) is 6.85. The first-order valence-corrected chi connectivity index (χ1v) is 12.5. The van der Waals surface area contributed by atoms with Crippen molar-refractivity contribution in [3.8, 4) is 17.2 Å². The van der Waals surface area contributed by atoms with E-state index in [9.17, 15) is 5.26 Å². The van der Waals surface area contributed by atoms with Gasteiger partial charge >= 0.3 is 0 Å². The van der Waals surface area contributed by atoms with E-state index in [1.807, 2.05) is 24.3 Å². The highest BCUT2D eigenvalue weighted by molar-refractivity contribution is 5.88. The molecule has 1 fully saturated rings. The highest BCUT2D eigenvalue weighted by atomic mass is 16.5. The standard InChI is InChI=1S/C28H36N4O/c1-4-6-17-33-24(5-2)20-32-16-13-26-27(32)18-25(23-9-7-22(19-29)8-10-23)28(30-26)31-14-11-21(3)12-15-31/h7-10,13,16,18,21,24H,4-6,11-12,14-15,17,20H2,1-3H3. The number of nitriles is 1. The number of nitrogens with zero attached hydrogens (tertiary/aromatic N) is 4. The van der Waals surface area contributed by atoms with Gasteiger partial charge in [0.15, 0.2) is 0 Å². The van der Waals surface area contributed by atoms with E-state index in [1.165, 1.54) is 12.8 Å². The second kappa shape index (κ2) is 10.9. The molecule has 3 heterocycles. The van der Waals surface area contributed by atoms with Crippen molar-refractivity contribution in [2.75, 3.05) is 24.6 Å². The van der Waals surface area contributed by atoms with Crippen molar-refractivity contribution >= 4 is 16.9 Å². The number of anilines is 1. The molecule has 0 spiro atoms. The topological polar surface area (TPSA) is 54.1 Å². The maximum absolute atomic E-state index is 9.23. The van der Waals surface area contributed by atoms with E-state index >= 15 is 0 Å². The summed E-state index contributed by atoms with van der Waals surface area (Å²) >= 11 is 0. The van der Waals surface area contributed by atoms with Gasteiger partial charge in [-0.1, -0.05) is 39.3 Å². The predicted molar refractivity (Wildman–Crippen MR) is 135 cm³/mol. The summed E-state index contributed by atoms with van der Waals surface area (Å²) in [4.78, 5) is 7.61. The molecule has 5 heteroatoms. The third kappa shape index (κ3) is 5.39. The van der Waals surface area contributed by atoms with Crippen molar-refractivity contribution in [1.29, 1.82) is 5.26 Å². The minimum atomic E-state index is 0.203. The van der Waals surface area contributed by atoms with Crippen molar-refractivity contribution < 1.29 is 4.74 Å². The van der Waals surface area contributed by atoms with Crippen LogP contribution in [0.3, 0.4) is 0 Å². The highest BCUT2D eigenvalue weighted by Gasteiger charge is 2.22. The van der Waals surface area contributed by atoms with Crippen LogP contribution in [0, 0.1) is 17.2 Å². The largest absolute Gasteiger partial charge is 0.376 e. The van der Waals surface area contributed by atoms with Gasteiger partial charge in [-0.05, 0) is 61.4 Å². The van der Waals surface area contributed by atoms with E-state index in [1.54, 1.807) is 0 Å². The van der Waals surface area contributed by atoms with Gasteiger partial charge in [0.25, 0.3) is 0 Å². The quantitative estimate of drug-likeness (QED) is 0.358. The average molecular weight is 445 g/mol. The molecule has 1 unspecified atom stereocenters. The number of ether oxygens (including phenoxy) is 1. The van der Waals surface area contributed by atoms with Crippen LogP contribution in [-0.4, -0.2) is 35.4 Å². The second-order valence-corrected chi connectivity index (χ2v) is 9.35. The van der Waals surface area contributed by atoms with Crippen molar-refractivity contribution in [2.45, 2.75) is 65.5 Å². The molecule has 1 aliphatic rings. The number of aromatic nitrogens is 2. The van der Waals surface area contributed by atoms with Gasteiger partial charge in [-0.3, -0.25) is 0 Å². The summed E-state index contributed by atoms with van der Waals surface area (Å²) in [6.45, 7) is 10.4. The molecule has 1 saturated heterocycles. The van der Waals surface area contributed by atoms with Gasteiger partial charge in [0.05, 0.1) is 28.8 Å². The molecular weight excluding hydrogens is 408 g/mol. The van der Waals surface area contributed by atoms with E-state index in [4.69, 9.17) is 9.72 Å². The van der Waals surface area contributed by atoms with Gasteiger partial charge in [0, 0.05) is 38.0 Å². The molecule has 33 heavy (non-hydrogen) atoms. The molecule has 0 aliphatic carbocycles. The van der Waals surface area contributed by atoms with Gasteiger partial charge in [-0.25, -0.2) is 4.98 Å². The normalized spacial score (nSPS) is 15.6. The van der Waals surface area contributed by atoms with Crippen LogP contribution < -0.4 is 4.90 Å². The molecule has 1 aliphatic heterocycles. The first-order valence-electron chi connectivity index (χ1n) is 12.5. The Bertz CT molecular complexity index is 1090. The fourth-order valence-corrected chi connectivity index (χ4v) is 4.57. The Labute approximate surface area is 198 Å². The van der Waals surface area contributed by atoms with Crippen molar-refractivity contribution in [3.63, 3.8) is 0 Å². The number of fused-ring (bicyclic) bond motifs is 1. The summed E-state index contributed by atoms with van der Waals surface area (Å²) in [7, 11) is 0. The summed E-state index contributed by atoms with van der Waals surface area (Å²) in [5.74, 6) is 1.83. The van der Waals surface area contributed by atoms with Crippen LogP contribution in [-0.2, 0) is 11.3 Å². The summed E-state index contributed by atoms with van der Waals surface area (Å²) in [6, 6.07) is 14.5. The maximum Gasteiger partial charge on any atom is 0.137 e. The molecule has 0 radical (unpaired) electrons. The van der Waals surface area contributed by atoms with Gasteiger partial charge in [0.1, 0.15) is 5.82 Å². The molecule has 5 nitrogen and oxygen atoms in total. The molecule has 174 valence electrons. The summed E-state index contributed by atoms with van der Waals surface area (Å²) in [6.07, 6.45) is 7.98. The van der Waals surface area contributed by atoms with Gasteiger partial charge in [-0.15, -0.1) is 0 Å². The molecule has 0 amide bonds. The summed E-state index contributed by atoms with van der Waals surface area (Å²) in [5.41, 5.74) is 5.10. The first-order chi connectivity index (χ1) is 16.1. The number of benzene rings is 1. The Morgan fingerprint density at radius 2 is 1.91 bits per heavy atom. The molecule has 4 rings (SSSR count). The number of piperidine rings is 1. The fourth-order valence-electron chi connectivity index (χ4n) is 4.57. The third-order valence-corrected chi connectivity index (χ3v) is 6.85. The average Bonchev–Trinajstić information content (AvgIpc) is 3.25. The molecule has 0 bridgehead atoms. The Morgan fingerprint density at radius 1 is 1.15 bits per heavy atom. The lowest BCUT2D eigenvalue weighted by atomic mass is 9.97. The van der Waals surface area contributed by atoms with Crippen molar-refractivity contribution in [3.05, 3.63) is 48.2 Å². The zero-order valence-electron chi connectivity index (χ0n) is 20.3. The number of unbranched alkanes of at least 4 members (excludes halogenated alkanes) is 1. The smallest absolute Gasteiger partial charge is 0.137 e. The number of hydrogen-bond donors (Lipinski definition) is 0. The minimum absolute atomic E-state index is 0.203. The van der Waals surface area contributed by atoms with Crippen LogP contribution >= 0.6 is 0 Å². The molecule has 0 N–H and O–H groups in total. The van der Waals surface area contributed by atoms with Gasteiger partial charge in [-0.2, -0.15) is 5.26 Å². The lowest BCUT2D eigenvalue weighted by molar-refractivity contribution is 0.0381. The van der Waals surface area contributed by atoms with Gasteiger partial charge < -0.3 is 14.2 Å². The number of hydrogen-bond acceptors (Lipinski definition) is 4. The van der Waals surface area contributed by atoms with Crippen LogP contribution in [0.1, 0.15) is 58.4 Å². The molecule has 2 aromatic heterocycles. The fraction of sp³-hybridized carbons (Fsp3) is 0.500. The lowest BCUT2D eigenvalue weighted by Crippen LogP contribution is -2.33. The van der Waals surface area contributed by atoms with Crippen molar-refractivity contribution in [1.82, 2.24) is 9.55 Å². The Hall–Kier alpha value is -2.84. The molecule has 3 aromatic rings. The van der Waals surface area contributed by atoms with Crippen molar-refractivity contribution in [2.24, 2.45) is 5.92 Å². The number of pyridine rings is 1. The van der Waals surface area contributed by atoms with Crippen LogP contribution in [0.15, 0.2) is 42.6 Å². The zero-order chi connectivity index (χ0) is 23.2. The highest BCUT2D eigenvalue weighted by Crippen LogP contribution is 2.35. The van der Waals surface area contributed by atoms with Crippen LogP contribution in [0.4, 0.5) is 5.82 Å². The van der Waals surface area contributed by atoms with E-state index in [2.05, 4.69) is 54.6 Å². The van der Waals surface area contributed by atoms with E-state index in [-0.39, 0.29) is 6.10 Å². The van der Waals surface area contributed by atoms with E-state index < -0.39 is 0 Å². The summed E-state index contributed by atoms with van der Waals surface area (Å²) in [5, 5.41) is 9.23. The first kappa shape index (κ1) is 23.3. The predicted octanol–water partition coefficient (Wildman–Crippen LogP) is 6.41. The Morgan fingerprint density at radius 3 is 2.58 bits per heavy atom. The lowest BCUT2D eigenvalue weighted by Gasteiger charge is -2.32. The van der Waals surface area contributed by atoms with Gasteiger partial charge in [0.2, 0.25) is 0 Å². The molecule has 1 aromatic carbocycles. The zero-order valence-corrected chi connectivity index (χ0v) is 20.3. The monoisotopic (exact) mass is 444 g/mol. The van der Waals surface area contributed by atoms with Crippen LogP contribution in [0.25, 0.3) is 22.2 Å². The van der Waals surface area contributed by atoms with E-state index in [0.717, 1.165) is 79.4 Å². The Balaban J connectivity index is 1.71. The Kier molecular flexibility index (Phi) is 7.67. The molecular formula is C28H36N4O. The second-order valence-electron chi connectivity index (χ2n) is 9.35. The van der Waals surface area contributed by atoms with Crippen LogP contribution in [0.2, 0.25) is 0 Å². The minimum Gasteiger partial charge on any atom is -0.376 e. The van der Waals surface area contributed by atoms with Crippen LogP contribution in [0.5, 0.6) is 0 Å².